The van der Waals surface area contributed by atoms with E-state index < -0.39 is 5.97 Å². The molecule has 0 aliphatic rings. The van der Waals surface area contributed by atoms with E-state index in [1.54, 1.807) is 13.0 Å². The van der Waals surface area contributed by atoms with E-state index in [-0.39, 0.29) is 11.7 Å². The van der Waals surface area contributed by atoms with Crippen LogP contribution in [0.4, 0.5) is 5.00 Å². The molecule has 0 aliphatic heterocycles. The van der Waals surface area contributed by atoms with Gasteiger partial charge in [-0.05, 0) is 44.5 Å². The van der Waals surface area contributed by atoms with E-state index in [0.717, 1.165) is 21.5 Å². The molecule has 3 aromatic rings. The molecule has 1 amide bonds. The summed E-state index contributed by atoms with van der Waals surface area (Å²) < 4.78 is 5.03. The molecular formula is C18H19N3O3S2. The minimum atomic E-state index is -0.424. The zero-order valence-electron chi connectivity index (χ0n) is 14.7. The lowest BCUT2D eigenvalue weighted by molar-refractivity contribution is -0.113. The van der Waals surface area contributed by atoms with Crippen LogP contribution in [0.1, 0.15) is 27.7 Å². The number of aromatic nitrogens is 2. The Kier molecular flexibility index (Phi) is 5.63. The van der Waals surface area contributed by atoms with E-state index in [2.05, 4.69) is 15.3 Å². The first kappa shape index (κ1) is 18.5. The molecule has 0 atom stereocenters. The highest BCUT2D eigenvalue weighted by molar-refractivity contribution is 7.99. The number of carbonyl (C=O) groups excluding carboxylic acids is 2. The van der Waals surface area contributed by atoms with Gasteiger partial charge in [-0.15, -0.1) is 11.3 Å². The number of amides is 1. The molecule has 3 rings (SSSR count). The molecule has 0 spiro atoms. The Balaban J connectivity index is 1.64. The lowest BCUT2D eigenvalue weighted by Gasteiger charge is -2.05. The number of aryl methyl sites for hydroxylation is 2. The van der Waals surface area contributed by atoms with Crippen molar-refractivity contribution >= 4 is 51.0 Å². The molecule has 2 heterocycles. The van der Waals surface area contributed by atoms with E-state index in [0.29, 0.717) is 22.3 Å². The summed E-state index contributed by atoms with van der Waals surface area (Å²) in [5.74, 6) is -0.427. The molecule has 0 unspecified atom stereocenters. The van der Waals surface area contributed by atoms with Gasteiger partial charge in [-0.25, -0.2) is 9.78 Å². The molecular weight excluding hydrogens is 370 g/mol. The monoisotopic (exact) mass is 389 g/mol. The number of imidazole rings is 1. The van der Waals surface area contributed by atoms with Gasteiger partial charge in [0.2, 0.25) is 5.91 Å². The number of ether oxygens (including phenoxy) is 1. The van der Waals surface area contributed by atoms with Crippen molar-refractivity contribution < 1.29 is 14.3 Å². The third-order valence-corrected chi connectivity index (χ3v) is 5.40. The van der Waals surface area contributed by atoms with Crippen molar-refractivity contribution in [2.24, 2.45) is 0 Å². The second kappa shape index (κ2) is 7.92. The number of aromatic amines is 1. The van der Waals surface area contributed by atoms with Crippen molar-refractivity contribution in [3.63, 3.8) is 0 Å². The Bertz CT molecular complexity index is 962. The lowest BCUT2D eigenvalue weighted by atomic mass is 10.2. The summed E-state index contributed by atoms with van der Waals surface area (Å²) in [6.07, 6.45) is 0. The first-order chi connectivity index (χ1) is 12.5. The summed E-state index contributed by atoms with van der Waals surface area (Å²) in [7, 11) is 0. The van der Waals surface area contributed by atoms with E-state index in [1.807, 2.05) is 32.0 Å². The first-order valence-corrected chi connectivity index (χ1v) is 9.93. The third-order valence-electron chi connectivity index (χ3n) is 3.56. The van der Waals surface area contributed by atoms with Gasteiger partial charge in [-0.3, -0.25) is 4.79 Å². The van der Waals surface area contributed by atoms with Crippen LogP contribution in [0.5, 0.6) is 0 Å². The van der Waals surface area contributed by atoms with Crippen molar-refractivity contribution in [1.82, 2.24) is 9.97 Å². The number of anilines is 1. The number of thioether (sulfide) groups is 1. The first-order valence-electron chi connectivity index (χ1n) is 8.13. The van der Waals surface area contributed by atoms with Gasteiger partial charge < -0.3 is 15.0 Å². The number of hydrogen-bond acceptors (Lipinski definition) is 6. The zero-order valence-corrected chi connectivity index (χ0v) is 16.3. The number of carbonyl (C=O) groups is 2. The number of benzene rings is 1. The standard InChI is InChI=1S/C18H19N3O3S2/c1-4-24-17(23)12-8-11(3)26-16(12)21-15(22)9-25-18-19-13-6-5-10(2)7-14(13)20-18/h5-8H,4,9H2,1-3H3,(H,19,20)(H,21,22). The van der Waals surface area contributed by atoms with Crippen molar-refractivity contribution in [2.75, 3.05) is 17.7 Å². The number of H-pyrrole nitrogens is 1. The van der Waals surface area contributed by atoms with Crippen LogP contribution in [0.15, 0.2) is 29.4 Å². The van der Waals surface area contributed by atoms with E-state index in [4.69, 9.17) is 4.74 Å². The summed E-state index contributed by atoms with van der Waals surface area (Å²) in [5, 5.41) is 4.01. The van der Waals surface area contributed by atoms with Gasteiger partial charge in [0.1, 0.15) is 5.00 Å². The Hall–Kier alpha value is -2.32. The molecule has 8 heteroatoms. The third kappa shape index (κ3) is 4.25. The van der Waals surface area contributed by atoms with Crippen LogP contribution in [0, 0.1) is 13.8 Å². The zero-order chi connectivity index (χ0) is 18.7. The van der Waals surface area contributed by atoms with Crippen molar-refractivity contribution in [3.05, 3.63) is 40.3 Å². The average molecular weight is 390 g/mol. The fourth-order valence-electron chi connectivity index (χ4n) is 2.43. The maximum absolute atomic E-state index is 12.3. The van der Waals surface area contributed by atoms with Crippen molar-refractivity contribution in [1.29, 1.82) is 0 Å². The Morgan fingerprint density at radius 1 is 1.31 bits per heavy atom. The van der Waals surface area contributed by atoms with Gasteiger partial charge in [-0.1, -0.05) is 17.8 Å². The van der Waals surface area contributed by atoms with Crippen LogP contribution in [0.3, 0.4) is 0 Å². The predicted octanol–water partition coefficient (Wildman–Crippen LogP) is 4.15. The fraction of sp³-hybridized carbons (Fsp3) is 0.278. The average Bonchev–Trinajstić information content (AvgIpc) is 3.15. The Labute approximate surface area is 159 Å². The predicted molar refractivity (Wildman–Crippen MR) is 105 cm³/mol. The molecule has 0 aliphatic carbocycles. The van der Waals surface area contributed by atoms with Crippen LogP contribution in [-0.4, -0.2) is 34.2 Å². The molecule has 0 fully saturated rings. The number of nitrogens with zero attached hydrogens (tertiary/aromatic N) is 1. The van der Waals surface area contributed by atoms with Gasteiger partial charge in [-0.2, -0.15) is 0 Å². The summed E-state index contributed by atoms with van der Waals surface area (Å²) in [5.41, 5.74) is 3.37. The van der Waals surface area contributed by atoms with Gasteiger partial charge in [0.05, 0.1) is 29.0 Å². The summed E-state index contributed by atoms with van der Waals surface area (Å²) in [4.78, 5) is 32.9. The SMILES string of the molecule is CCOC(=O)c1cc(C)sc1NC(=O)CSc1nc2ccc(C)cc2[nH]1. The molecule has 2 aromatic heterocycles. The fourth-order valence-corrected chi connectivity index (χ4v) is 4.03. The second-order valence-corrected chi connectivity index (χ2v) is 7.94. The number of fused-ring (bicyclic) bond motifs is 1. The summed E-state index contributed by atoms with van der Waals surface area (Å²) >= 11 is 2.68. The highest BCUT2D eigenvalue weighted by Crippen LogP contribution is 2.29. The molecule has 136 valence electrons. The van der Waals surface area contributed by atoms with E-state index in [9.17, 15) is 9.59 Å². The number of hydrogen-bond donors (Lipinski definition) is 2. The van der Waals surface area contributed by atoms with Crippen LogP contribution in [0.2, 0.25) is 0 Å². The molecule has 6 nitrogen and oxygen atoms in total. The molecule has 0 radical (unpaired) electrons. The van der Waals surface area contributed by atoms with Gasteiger partial charge >= 0.3 is 5.97 Å². The van der Waals surface area contributed by atoms with Gasteiger partial charge in [0, 0.05) is 4.88 Å². The van der Waals surface area contributed by atoms with Crippen LogP contribution < -0.4 is 5.32 Å². The highest BCUT2D eigenvalue weighted by Gasteiger charge is 2.18. The van der Waals surface area contributed by atoms with Crippen LogP contribution >= 0.6 is 23.1 Å². The summed E-state index contributed by atoms with van der Waals surface area (Å²) in [6, 6.07) is 7.70. The number of nitrogens with one attached hydrogen (secondary N) is 2. The molecule has 2 N–H and O–H groups in total. The molecule has 0 bridgehead atoms. The number of esters is 1. The quantitative estimate of drug-likeness (QED) is 0.489. The smallest absolute Gasteiger partial charge is 0.341 e. The largest absolute Gasteiger partial charge is 0.462 e. The molecule has 0 saturated carbocycles. The Morgan fingerprint density at radius 3 is 2.88 bits per heavy atom. The molecule has 1 aromatic carbocycles. The second-order valence-electron chi connectivity index (χ2n) is 5.72. The number of thiophene rings is 1. The van der Waals surface area contributed by atoms with Crippen LogP contribution in [-0.2, 0) is 9.53 Å². The number of rotatable bonds is 6. The Morgan fingerprint density at radius 2 is 2.12 bits per heavy atom. The van der Waals surface area contributed by atoms with Gasteiger partial charge in [0.15, 0.2) is 5.16 Å². The van der Waals surface area contributed by atoms with Crippen molar-refractivity contribution in [2.45, 2.75) is 25.9 Å². The minimum Gasteiger partial charge on any atom is -0.462 e. The molecule has 0 saturated heterocycles. The van der Waals surface area contributed by atoms with Crippen molar-refractivity contribution in [3.8, 4) is 0 Å². The van der Waals surface area contributed by atoms with E-state index >= 15 is 0 Å². The highest BCUT2D eigenvalue weighted by atomic mass is 32.2. The minimum absolute atomic E-state index is 0.192. The van der Waals surface area contributed by atoms with E-state index in [1.165, 1.54) is 23.1 Å². The lowest BCUT2D eigenvalue weighted by Crippen LogP contribution is -2.16. The summed E-state index contributed by atoms with van der Waals surface area (Å²) in [6.45, 7) is 5.95. The normalized spacial score (nSPS) is 10.9. The van der Waals surface area contributed by atoms with Crippen LogP contribution in [0.25, 0.3) is 11.0 Å². The maximum atomic E-state index is 12.3. The topological polar surface area (TPSA) is 84.1 Å². The maximum Gasteiger partial charge on any atom is 0.341 e. The van der Waals surface area contributed by atoms with Gasteiger partial charge in [0.25, 0.3) is 0 Å². The molecule has 26 heavy (non-hydrogen) atoms.